The minimum absolute atomic E-state index is 0.0428. The molecule has 0 aromatic carbocycles. The van der Waals surface area contributed by atoms with Crippen molar-refractivity contribution in [2.45, 2.75) is 33.1 Å². The lowest BCUT2D eigenvalue weighted by Gasteiger charge is -2.04. The van der Waals surface area contributed by atoms with Crippen molar-refractivity contribution < 1.29 is 14.7 Å². The van der Waals surface area contributed by atoms with Crippen molar-refractivity contribution >= 4 is 11.8 Å². The Morgan fingerprint density at radius 1 is 1.45 bits per heavy atom. The second-order valence-electron chi connectivity index (χ2n) is 2.72. The Morgan fingerprint density at radius 3 is 2.36 bits per heavy atom. The van der Waals surface area contributed by atoms with Gasteiger partial charge in [0.25, 0.3) is 0 Å². The van der Waals surface area contributed by atoms with Gasteiger partial charge < -0.3 is 5.11 Å². The molecular formula is C8H14O3. The zero-order valence-electron chi connectivity index (χ0n) is 6.96. The van der Waals surface area contributed by atoms with Crippen LogP contribution < -0.4 is 0 Å². The van der Waals surface area contributed by atoms with E-state index in [9.17, 15) is 9.59 Å². The summed E-state index contributed by atoms with van der Waals surface area (Å²) in [6.07, 6.45) is 1.25. The predicted octanol–water partition coefficient (Wildman–Crippen LogP) is 1.47. The molecule has 0 aliphatic carbocycles. The Balaban J connectivity index is 3.73. The Morgan fingerprint density at radius 2 is 2.00 bits per heavy atom. The van der Waals surface area contributed by atoms with Crippen LogP contribution in [0.15, 0.2) is 0 Å². The van der Waals surface area contributed by atoms with Crippen LogP contribution in [0.3, 0.4) is 0 Å². The van der Waals surface area contributed by atoms with E-state index in [1.54, 1.807) is 6.92 Å². The highest BCUT2D eigenvalue weighted by Crippen LogP contribution is 2.07. The van der Waals surface area contributed by atoms with Gasteiger partial charge in [-0.1, -0.05) is 13.8 Å². The minimum atomic E-state index is -0.901. The van der Waals surface area contributed by atoms with Crippen molar-refractivity contribution in [1.29, 1.82) is 0 Å². The molecule has 1 unspecified atom stereocenters. The summed E-state index contributed by atoms with van der Waals surface area (Å²) >= 11 is 0. The zero-order chi connectivity index (χ0) is 8.85. The van der Waals surface area contributed by atoms with Crippen LogP contribution in [0.5, 0.6) is 0 Å². The van der Waals surface area contributed by atoms with E-state index in [1.165, 1.54) is 0 Å². The molecule has 0 heterocycles. The number of carbonyl (C=O) groups is 2. The molecule has 0 spiro atoms. The molecule has 64 valence electrons. The summed E-state index contributed by atoms with van der Waals surface area (Å²) in [7, 11) is 0. The van der Waals surface area contributed by atoms with Gasteiger partial charge in [0.2, 0.25) is 0 Å². The maximum absolute atomic E-state index is 11.0. The van der Waals surface area contributed by atoms with Crippen LogP contribution in [-0.2, 0) is 9.59 Å². The maximum Gasteiger partial charge on any atom is 0.304 e. The number of ketones is 1. The van der Waals surface area contributed by atoms with Crippen LogP contribution in [0.2, 0.25) is 0 Å². The first-order valence-electron chi connectivity index (χ1n) is 3.82. The van der Waals surface area contributed by atoms with Gasteiger partial charge in [-0.25, -0.2) is 0 Å². The van der Waals surface area contributed by atoms with Gasteiger partial charge in [0.1, 0.15) is 5.78 Å². The molecule has 0 aliphatic rings. The summed E-state index contributed by atoms with van der Waals surface area (Å²) in [5.74, 6) is -1.18. The number of aliphatic carboxylic acids is 1. The summed E-state index contributed by atoms with van der Waals surface area (Å²) in [5, 5.41) is 8.35. The quantitative estimate of drug-likeness (QED) is 0.659. The van der Waals surface area contributed by atoms with E-state index in [-0.39, 0.29) is 18.1 Å². The van der Waals surface area contributed by atoms with E-state index in [0.717, 1.165) is 6.42 Å². The predicted molar refractivity (Wildman–Crippen MR) is 41.3 cm³/mol. The number of Topliss-reactive ketones (excluding diaryl/α,β-unsaturated/α-hetero) is 1. The molecule has 11 heavy (non-hydrogen) atoms. The Kier molecular flexibility index (Phi) is 4.50. The van der Waals surface area contributed by atoms with Gasteiger partial charge in [-0.05, 0) is 6.42 Å². The van der Waals surface area contributed by atoms with Crippen molar-refractivity contribution in [2.75, 3.05) is 0 Å². The standard InChI is InChI=1S/C8H14O3/c1-3-4-7(9)6(2)5-8(10)11/h6H,3-5H2,1-2H3,(H,10,11). The van der Waals surface area contributed by atoms with Crippen LogP contribution in [-0.4, -0.2) is 16.9 Å². The van der Waals surface area contributed by atoms with E-state index >= 15 is 0 Å². The SMILES string of the molecule is CCCC(=O)C(C)CC(=O)O. The highest BCUT2D eigenvalue weighted by atomic mass is 16.4. The van der Waals surface area contributed by atoms with E-state index in [1.807, 2.05) is 6.92 Å². The van der Waals surface area contributed by atoms with E-state index in [0.29, 0.717) is 6.42 Å². The molecule has 3 heteroatoms. The van der Waals surface area contributed by atoms with Crippen LogP contribution in [0.25, 0.3) is 0 Å². The second-order valence-corrected chi connectivity index (χ2v) is 2.72. The molecule has 3 nitrogen and oxygen atoms in total. The van der Waals surface area contributed by atoms with Gasteiger partial charge in [0.05, 0.1) is 6.42 Å². The maximum atomic E-state index is 11.0. The number of carboxylic acid groups (broad SMARTS) is 1. The Labute approximate surface area is 66.4 Å². The number of rotatable bonds is 5. The Hall–Kier alpha value is -0.860. The lowest BCUT2D eigenvalue weighted by atomic mass is 9.99. The summed E-state index contributed by atoms with van der Waals surface area (Å²) in [5.41, 5.74) is 0. The van der Waals surface area contributed by atoms with Crippen LogP contribution in [0, 0.1) is 5.92 Å². The fourth-order valence-corrected chi connectivity index (χ4v) is 0.869. The van der Waals surface area contributed by atoms with Crippen LogP contribution in [0.4, 0.5) is 0 Å². The van der Waals surface area contributed by atoms with Gasteiger partial charge in [-0.3, -0.25) is 9.59 Å². The smallest absolute Gasteiger partial charge is 0.304 e. The number of hydrogen-bond donors (Lipinski definition) is 1. The first-order chi connectivity index (χ1) is 5.07. The topological polar surface area (TPSA) is 54.4 Å². The minimum Gasteiger partial charge on any atom is -0.481 e. The summed E-state index contributed by atoms with van der Waals surface area (Å²) < 4.78 is 0. The molecule has 0 aromatic heterocycles. The van der Waals surface area contributed by atoms with Crippen LogP contribution >= 0.6 is 0 Å². The van der Waals surface area contributed by atoms with Crippen molar-refractivity contribution in [3.05, 3.63) is 0 Å². The van der Waals surface area contributed by atoms with E-state index < -0.39 is 5.97 Å². The van der Waals surface area contributed by atoms with Gasteiger partial charge >= 0.3 is 5.97 Å². The van der Waals surface area contributed by atoms with Gasteiger partial charge in [-0.15, -0.1) is 0 Å². The van der Waals surface area contributed by atoms with Crippen molar-refractivity contribution in [3.63, 3.8) is 0 Å². The first kappa shape index (κ1) is 10.1. The highest BCUT2D eigenvalue weighted by Gasteiger charge is 2.14. The average Bonchev–Trinajstić information content (AvgIpc) is 1.86. The molecule has 0 saturated carbocycles. The lowest BCUT2D eigenvalue weighted by Crippen LogP contribution is -2.14. The molecular weight excluding hydrogens is 144 g/mol. The normalized spacial score (nSPS) is 12.5. The molecule has 0 radical (unpaired) electrons. The first-order valence-corrected chi connectivity index (χ1v) is 3.82. The molecule has 0 amide bonds. The van der Waals surface area contributed by atoms with E-state index in [2.05, 4.69) is 0 Å². The number of hydrogen-bond acceptors (Lipinski definition) is 2. The second kappa shape index (κ2) is 4.88. The monoisotopic (exact) mass is 158 g/mol. The summed E-state index contributed by atoms with van der Waals surface area (Å²) in [6.45, 7) is 3.57. The zero-order valence-corrected chi connectivity index (χ0v) is 6.96. The third-order valence-corrected chi connectivity index (χ3v) is 1.53. The molecule has 0 rings (SSSR count). The largest absolute Gasteiger partial charge is 0.481 e. The summed E-state index contributed by atoms with van der Waals surface area (Å²) in [4.78, 5) is 21.2. The number of carbonyl (C=O) groups excluding carboxylic acids is 1. The molecule has 0 aliphatic heterocycles. The molecule has 1 N–H and O–H groups in total. The van der Waals surface area contributed by atoms with Gasteiger partial charge in [0, 0.05) is 12.3 Å². The van der Waals surface area contributed by atoms with Gasteiger partial charge in [-0.2, -0.15) is 0 Å². The third-order valence-electron chi connectivity index (χ3n) is 1.53. The fraction of sp³-hybridized carbons (Fsp3) is 0.750. The fourth-order valence-electron chi connectivity index (χ4n) is 0.869. The molecule has 0 aromatic rings. The third kappa shape index (κ3) is 4.53. The molecule has 1 atom stereocenters. The van der Waals surface area contributed by atoms with Crippen molar-refractivity contribution in [3.8, 4) is 0 Å². The molecule has 0 bridgehead atoms. The van der Waals surface area contributed by atoms with Crippen molar-refractivity contribution in [1.82, 2.24) is 0 Å². The molecule has 0 saturated heterocycles. The lowest BCUT2D eigenvalue weighted by molar-refractivity contribution is -0.140. The van der Waals surface area contributed by atoms with Gasteiger partial charge in [0.15, 0.2) is 0 Å². The highest BCUT2D eigenvalue weighted by molar-refractivity contribution is 5.84. The summed E-state index contributed by atoms with van der Waals surface area (Å²) in [6, 6.07) is 0. The number of carboxylic acids is 1. The van der Waals surface area contributed by atoms with Crippen LogP contribution in [0.1, 0.15) is 33.1 Å². The van der Waals surface area contributed by atoms with E-state index in [4.69, 9.17) is 5.11 Å². The van der Waals surface area contributed by atoms with Crippen molar-refractivity contribution in [2.24, 2.45) is 5.92 Å². The molecule has 0 fully saturated rings. The Bertz CT molecular complexity index is 151. The average molecular weight is 158 g/mol.